The monoisotopic (exact) mass is 365 g/mol. The Morgan fingerprint density at radius 2 is 1.91 bits per heavy atom. The van der Waals surface area contributed by atoms with E-state index >= 15 is 0 Å². The van der Waals surface area contributed by atoms with Gasteiger partial charge in [-0.05, 0) is 30.5 Å². The fraction of sp³-hybridized carbons (Fsp3) is 0.429. The Balaban J connectivity index is 2.67. The zero-order valence-corrected chi connectivity index (χ0v) is 14.5. The molecule has 1 aromatic carbocycles. The first-order valence-electron chi connectivity index (χ1n) is 6.69. The van der Waals surface area contributed by atoms with Crippen molar-refractivity contribution >= 4 is 52.3 Å². The average molecular weight is 367 g/mol. The normalized spacial score (nSPS) is 11.9. The molecule has 2 amide bonds. The lowest BCUT2D eigenvalue weighted by Gasteiger charge is -2.20. The van der Waals surface area contributed by atoms with E-state index in [9.17, 15) is 9.59 Å². The topological polar surface area (TPSA) is 70.2 Å². The number of amides is 2. The van der Waals surface area contributed by atoms with Gasteiger partial charge in [0.2, 0.25) is 5.91 Å². The summed E-state index contributed by atoms with van der Waals surface area (Å²) in [7, 11) is 0. The number of anilines is 1. The molecule has 0 fully saturated rings. The fourth-order valence-electron chi connectivity index (χ4n) is 1.74. The molecule has 0 aliphatic carbocycles. The van der Waals surface area contributed by atoms with Crippen molar-refractivity contribution in [2.75, 3.05) is 11.3 Å². The zero-order valence-electron chi connectivity index (χ0n) is 12.3. The summed E-state index contributed by atoms with van der Waals surface area (Å²) in [6.45, 7) is 3.91. The number of rotatable bonds is 7. The van der Waals surface area contributed by atoms with Gasteiger partial charge in [0.05, 0.1) is 10.7 Å². The second kappa shape index (κ2) is 9.08. The van der Waals surface area contributed by atoms with Crippen LogP contribution in [0.15, 0.2) is 18.2 Å². The summed E-state index contributed by atoms with van der Waals surface area (Å²) in [5, 5.41) is 3.45. The van der Waals surface area contributed by atoms with Crippen LogP contribution < -0.4 is 16.2 Å². The van der Waals surface area contributed by atoms with Crippen molar-refractivity contribution in [3.8, 4) is 0 Å². The molecule has 0 saturated carbocycles. The summed E-state index contributed by atoms with van der Waals surface area (Å²) in [5.74, 6) is -0.742. The van der Waals surface area contributed by atoms with Gasteiger partial charge in [-0.1, -0.05) is 37.0 Å². The van der Waals surface area contributed by atoms with E-state index in [0.29, 0.717) is 22.2 Å². The van der Waals surface area contributed by atoms with E-state index in [2.05, 4.69) is 16.2 Å². The molecule has 0 aliphatic rings. The molecule has 122 valence electrons. The summed E-state index contributed by atoms with van der Waals surface area (Å²) in [6, 6.07) is 4.16. The number of hydrogen-bond donors (Lipinski definition) is 3. The molecular weight excluding hydrogens is 349 g/mol. The molecule has 0 saturated heterocycles. The summed E-state index contributed by atoms with van der Waals surface area (Å²) < 4.78 is 0. The Hall–Kier alpha value is -1.17. The van der Waals surface area contributed by atoms with Crippen molar-refractivity contribution in [3.05, 3.63) is 28.2 Å². The van der Waals surface area contributed by atoms with E-state index in [1.165, 1.54) is 0 Å². The number of hydrogen-bond acceptors (Lipinski definition) is 3. The van der Waals surface area contributed by atoms with Crippen LogP contribution in [0.5, 0.6) is 0 Å². The van der Waals surface area contributed by atoms with Crippen molar-refractivity contribution in [1.82, 2.24) is 10.7 Å². The van der Waals surface area contributed by atoms with Crippen LogP contribution in [0.25, 0.3) is 0 Å². The molecule has 1 atom stereocenters. The van der Waals surface area contributed by atoms with Crippen molar-refractivity contribution in [2.24, 2.45) is 5.92 Å². The van der Waals surface area contributed by atoms with Gasteiger partial charge in [0.1, 0.15) is 11.9 Å². The lowest BCUT2D eigenvalue weighted by Crippen LogP contribution is -2.49. The second-order valence-electron chi connectivity index (χ2n) is 5.12. The first-order chi connectivity index (χ1) is 10.3. The van der Waals surface area contributed by atoms with E-state index in [4.69, 9.17) is 34.8 Å². The van der Waals surface area contributed by atoms with Crippen LogP contribution >= 0.6 is 34.8 Å². The molecule has 1 rings (SSSR count). The van der Waals surface area contributed by atoms with Gasteiger partial charge in [0.15, 0.2) is 0 Å². The van der Waals surface area contributed by atoms with Crippen LogP contribution in [0.4, 0.5) is 5.69 Å². The maximum atomic E-state index is 12.2. The predicted molar refractivity (Wildman–Crippen MR) is 90.3 cm³/mol. The maximum Gasteiger partial charge on any atom is 0.260 e. The third-order valence-electron chi connectivity index (χ3n) is 2.73. The number of alkyl halides is 1. The molecule has 3 N–H and O–H groups in total. The number of benzene rings is 1. The Kier molecular flexibility index (Phi) is 7.79. The lowest BCUT2D eigenvalue weighted by molar-refractivity contribution is -0.128. The van der Waals surface area contributed by atoms with Gasteiger partial charge in [-0.2, -0.15) is 0 Å². The second-order valence-corrected chi connectivity index (χ2v) is 6.23. The highest BCUT2D eigenvalue weighted by Crippen LogP contribution is 2.24. The predicted octanol–water partition coefficient (Wildman–Crippen LogP) is 3.21. The number of halogens is 3. The Bertz CT molecular complexity index is 538. The highest BCUT2D eigenvalue weighted by Gasteiger charge is 2.21. The van der Waals surface area contributed by atoms with Crippen LogP contribution in [0.2, 0.25) is 10.0 Å². The molecule has 8 heteroatoms. The standard InChI is InChI=1S/C14H18Cl3N3O2/c1-8(2)5-12(18-13(21)7-15)14(22)20-19-11-4-3-9(16)6-10(11)17/h3-4,6,8,12,19H,5,7H2,1-2H3,(H,18,21)(H,20,22). The van der Waals surface area contributed by atoms with E-state index in [-0.39, 0.29) is 17.7 Å². The van der Waals surface area contributed by atoms with Crippen LogP contribution in [0.1, 0.15) is 20.3 Å². The minimum atomic E-state index is -0.676. The van der Waals surface area contributed by atoms with Crippen molar-refractivity contribution < 1.29 is 9.59 Å². The van der Waals surface area contributed by atoms with Crippen LogP contribution in [-0.4, -0.2) is 23.7 Å². The summed E-state index contributed by atoms with van der Waals surface area (Å²) >= 11 is 17.3. The van der Waals surface area contributed by atoms with Gasteiger partial charge in [-0.15, -0.1) is 11.6 Å². The van der Waals surface area contributed by atoms with Gasteiger partial charge < -0.3 is 5.32 Å². The molecule has 1 aromatic rings. The summed E-state index contributed by atoms with van der Waals surface area (Å²) in [5.41, 5.74) is 5.74. The summed E-state index contributed by atoms with van der Waals surface area (Å²) in [6.07, 6.45) is 0.491. The smallest absolute Gasteiger partial charge is 0.260 e. The SMILES string of the molecule is CC(C)CC(NC(=O)CCl)C(=O)NNc1ccc(Cl)cc1Cl. The van der Waals surface area contributed by atoms with Gasteiger partial charge in [-0.25, -0.2) is 0 Å². The van der Waals surface area contributed by atoms with E-state index in [0.717, 1.165) is 0 Å². The minimum Gasteiger partial charge on any atom is -0.343 e. The molecule has 5 nitrogen and oxygen atoms in total. The van der Waals surface area contributed by atoms with Crippen LogP contribution in [-0.2, 0) is 9.59 Å². The number of hydrazine groups is 1. The number of carbonyl (C=O) groups is 2. The van der Waals surface area contributed by atoms with Crippen molar-refractivity contribution in [1.29, 1.82) is 0 Å². The third-order valence-corrected chi connectivity index (χ3v) is 3.52. The Morgan fingerprint density at radius 1 is 1.23 bits per heavy atom. The fourth-order valence-corrected chi connectivity index (χ4v) is 2.28. The van der Waals surface area contributed by atoms with E-state index in [1.54, 1.807) is 18.2 Å². The minimum absolute atomic E-state index is 0.196. The molecular formula is C14H18Cl3N3O2. The maximum absolute atomic E-state index is 12.2. The molecule has 0 bridgehead atoms. The number of nitrogens with one attached hydrogen (secondary N) is 3. The molecule has 22 heavy (non-hydrogen) atoms. The lowest BCUT2D eigenvalue weighted by atomic mass is 10.0. The van der Waals surface area contributed by atoms with Gasteiger partial charge in [0.25, 0.3) is 5.91 Å². The van der Waals surface area contributed by atoms with Crippen LogP contribution in [0, 0.1) is 5.92 Å². The van der Waals surface area contributed by atoms with Crippen molar-refractivity contribution in [2.45, 2.75) is 26.3 Å². The van der Waals surface area contributed by atoms with Gasteiger partial charge in [-0.3, -0.25) is 20.4 Å². The molecule has 0 heterocycles. The van der Waals surface area contributed by atoms with Gasteiger partial charge in [0, 0.05) is 5.02 Å². The molecule has 0 spiro atoms. The van der Waals surface area contributed by atoms with Gasteiger partial charge >= 0.3 is 0 Å². The molecule has 0 aliphatic heterocycles. The Labute approximate surface area is 144 Å². The summed E-state index contributed by atoms with van der Waals surface area (Å²) in [4.78, 5) is 23.6. The first-order valence-corrected chi connectivity index (χ1v) is 7.98. The largest absolute Gasteiger partial charge is 0.343 e. The zero-order chi connectivity index (χ0) is 16.7. The van der Waals surface area contributed by atoms with Crippen LogP contribution in [0.3, 0.4) is 0 Å². The quantitative estimate of drug-likeness (QED) is 0.512. The highest BCUT2D eigenvalue weighted by molar-refractivity contribution is 6.36. The average Bonchev–Trinajstić information content (AvgIpc) is 2.44. The highest BCUT2D eigenvalue weighted by atomic mass is 35.5. The van der Waals surface area contributed by atoms with Crippen molar-refractivity contribution in [3.63, 3.8) is 0 Å². The Morgan fingerprint density at radius 3 is 2.45 bits per heavy atom. The van der Waals surface area contributed by atoms with E-state index < -0.39 is 11.9 Å². The third kappa shape index (κ3) is 6.30. The molecule has 0 radical (unpaired) electrons. The van der Waals surface area contributed by atoms with E-state index in [1.807, 2.05) is 13.8 Å². The number of carbonyl (C=O) groups excluding carboxylic acids is 2. The first kappa shape index (κ1) is 18.9. The molecule has 1 unspecified atom stereocenters. The molecule has 0 aromatic heterocycles.